The number of nitrogens with one attached hydrogen (secondary N) is 1. The summed E-state index contributed by atoms with van der Waals surface area (Å²) in [6.45, 7) is 6.03. The Labute approximate surface area is 129 Å². The van der Waals surface area contributed by atoms with Gasteiger partial charge in [-0.05, 0) is 23.8 Å². The number of hydrogen-bond acceptors (Lipinski definition) is 3. The summed E-state index contributed by atoms with van der Waals surface area (Å²) < 4.78 is 6.25. The van der Waals surface area contributed by atoms with Crippen molar-refractivity contribution in [2.75, 3.05) is 11.9 Å². The smallest absolute Gasteiger partial charge is 0.0952 e. The quantitative estimate of drug-likeness (QED) is 0.857. The second-order valence-electron chi connectivity index (χ2n) is 5.30. The first-order valence-corrected chi connectivity index (χ1v) is 7.59. The third-order valence-electron chi connectivity index (χ3n) is 3.18. The maximum Gasteiger partial charge on any atom is 0.0952 e. The summed E-state index contributed by atoms with van der Waals surface area (Å²) in [5.41, 5.74) is 3.64. The van der Waals surface area contributed by atoms with E-state index < -0.39 is 0 Å². The van der Waals surface area contributed by atoms with E-state index in [1.54, 1.807) is 12.5 Å². The third-order valence-corrected chi connectivity index (χ3v) is 3.92. The molecule has 0 unspecified atom stereocenters. The number of furan rings is 1. The molecule has 0 fully saturated rings. The third kappa shape index (κ3) is 4.12. The van der Waals surface area contributed by atoms with Gasteiger partial charge in [0.2, 0.25) is 0 Å². The lowest BCUT2D eigenvalue weighted by Crippen LogP contribution is -2.22. The van der Waals surface area contributed by atoms with E-state index in [2.05, 4.69) is 65.2 Å². The molecule has 0 radical (unpaired) electrons. The number of rotatable bonds is 6. The summed E-state index contributed by atoms with van der Waals surface area (Å²) in [6, 6.07) is 8.97. The first kappa shape index (κ1) is 15.1. The maximum absolute atomic E-state index is 5.10. The molecular formula is C16H21BrN2O. The molecule has 0 amide bonds. The van der Waals surface area contributed by atoms with Crippen molar-refractivity contribution in [2.45, 2.75) is 33.0 Å². The van der Waals surface area contributed by atoms with E-state index in [0.29, 0.717) is 6.04 Å². The van der Waals surface area contributed by atoms with Crippen molar-refractivity contribution in [3.05, 3.63) is 52.4 Å². The molecule has 20 heavy (non-hydrogen) atoms. The summed E-state index contributed by atoms with van der Waals surface area (Å²) in [7, 11) is 2.08. The van der Waals surface area contributed by atoms with Crippen molar-refractivity contribution in [2.24, 2.45) is 0 Å². The second kappa shape index (κ2) is 6.95. The molecule has 0 saturated heterocycles. The molecule has 108 valence electrons. The van der Waals surface area contributed by atoms with Gasteiger partial charge in [0.25, 0.3) is 0 Å². The van der Waals surface area contributed by atoms with Gasteiger partial charge in [0.05, 0.1) is 12.5 Å². The van der Waals surface area contributed by atoms with Gasteiger partial charge in [-0.1, -0.05) is 35.8 Å². The van der Waals surface area contributed by atoms with Crippen LogP contribution in [0.15, 0.2) is 45.7 Å². The molecule has 0 aliphatic rings. The molecule has 0 aliphatic carbocycles. The standard InChI is InChI=1S/C16H21BrN2O/c1-12(2)18-9-14-4-5-15(8-16(14)17)19(3)10-13-6-7-20-11-13/h4-8,11-12,18H,9-10H2,1-3H3. The lowest BCUT2D eigenvalue weighted by atomic mass is 10.2. The predicted molar refractivity (Wildman–Crippen MR) is 86.9 cm³/mol. The van der Waals surface area contributed by atoms with Crippen LogP contribution in [0.4, 0.5) is 5.69 Å². The fourth-order valence-electron chi connectivity index (χ4n) is 1.98. The maximum atomic E-state index is 5.10. The minimum Gasteiger partial charge on any atom is -0.472 e. The Bertz CT molecular complexity index is 537. The molecule has 4 heteroatoms. The van der Waals surface area contributed by atoms with Crippen LogP contribution in [0.25, 0.3) is 0 Å². The Kier molecular flexibility index (Phi) is 5.26. The van der Waals surface area contributed by atoms with E-state index in [0.717, 1.165) is 17.6 Å². The van der Waals surface area contributed by atoms with Gasteiger partial charge in [-0.15, -0.1) is 0 Å². The summed E-state index contributed by atoms with van der Waals surface area (Å²) >= 11 is 3.66. The molecule has 2 aromatic rings. The largest absolute Gasteiger partial charge is 0.472 e. The number of benzene rings is 1. The van der Waals surface area contributed by atoms with Crippen LogP contribution in [0.1, 0.15) is 25.0 Å². The van der Waals surface area contributed by atoms with Gasteiger partial charge in [0.15, 0.2) is 0 Å². The van der Waals surface area contributed by atoms with E-state index in [4.69, 9.17) is 4.42 Å². The van der Waals surface area contributed by atoms with Gasteiger partial charge in [-0.3, -0.25) is 0 Å². The lowest BCUT2D eigenvalue weighted by molar-refractivity contribution is 0.563. The highest BCUT2D eigenvalue weighted by atomic mass is 79.9. The van der Waals surface area contributed by atoms with E-state index in [-0.39, 0.29) is 0 Å². The van der Waals surface area contributed by atoms with Crippen molar-refractivity contribution in [3.63, 3.8) is 0 Å². The van der Waals surface area contributed by atoms with E-state index >= 15 is 0 Å². The van der Waals surface area contributed by atoms with Crippen LogP contribution < -0.4 is 10.2 Å². The minimum absolute atomic E-state index is 0.491. The molecule has 0 aliphatic heterocycles. The monoisotopic (exact) mass is 336 g/mol. The highest BCUT2D eigenvalue weighted by Gasteiger charge is 2.07. The topological polar surface area (TPSA) is 28.4 Å². The summed E-state index contributed by atoms with van der Waals surface area (Å²) in [5.74, 6) is 0. The van der Waals surface area contributed by atoms with Crippen LogP contribution in [-0.4, -0.2) is 13.1 Å². The van der Waals surface area contributed by atoms with Crippen LogP contribution in [-0.2, 0) is 13.1 Å². The van der Waals surface area contributed by atoms with Crippen molar-refractivity contribution >= 4 is 21.6 Å². The Morgan fingerprint density at radius 2 is 2.10 bits per heavy atom. The molecule has 1 N–H and O–H groups in total. The molecule has 0 atom stereocenters. The summed E-state index contributed by atoms with van der Waals surface area (Å²) in [6.07, 6.45) is 3.49. The zero-order valence-electron chi connectivity index (χ0n) is 12.2. The van der Waals surface area contributed by atoms with Crippen LogP contribution in [0.5, 0.6) is 0 Å². The van der Waals surface area contributed by atoms with Gasteiger partial charge in [0.1, 0.15) is 0 Å². The second-order valence-corrected chi connectivity index (χ2v) is 6.15. The zero-order valence-corrected chi connectivity index (χ0v) is 13.8. The molecule has 0 spiro atoms. The summed E-state index contributed by atoms with van der Waals surface area (Å²) in [4.78, 5) is 2.20. The Balaban J connectivity index is 2.04. The molecule has 3 nitrogen and oxygen atoms in total. The fraction of sp³-hybridized carbons (Fsp3) is 0.375. The van der Waals surface area contributed by atoms with Crippen molar-refractivity contribution in [1.29, 1.82) is 0 Å². The SMILES string of the molecule is CC(C)NCc1ccc(N(C)Cc2ccoc2)cc1Br. The van der Waals surface area contributed by atoms with E-state index in [1.165, 1.54) is 16.8 Å². The Morgan fingerprint density at radius 1 is 1.30 bits per heavy atom. The van der Waals surface area contributed by atoms with Gasteiger partial charge < -0.3 is 14.6 Å². The highest BCUT2D eigenvalue weighted by Crippen LogP contribution is 2.24. The molecule has 0 bridgehead atoms. The molecule has 1 heterocycles. The van der Waals surface area contributed by atoms with Gasteiger partial charge in [-0.25, -0.2) is 0 Å². The first-order chi connectivity index (χ1) is 9.56. The highest BCUT2D eigenvalue weighted by molar-refractivity contribution is 9.10. The summed E-state index contributed by atoms with van der Waals surface area (Å²) in [5, 5.41) is 3.43. The predicted octanol–water partition coefficient (Wildman–Crippen LogP) is 4.18. The van der Waals surface area contributed by atoms with Crippen LogP contribution in [0, 0.1) is 0 Å². The molecule has 0 saturated carbocycles. The van der Waals surface area contributed by atoms with Crippen LogP contribution in [0.3, 0.4) is 0 Å². The van der Waals surface area contributed by atoms with E-state index in [9.17, 15) is 0 Å². The number of anilines is 1. The molecular weight excluding hydrogens is 316 g/mol. The Morgan fingerprint density at radius 3 is 2.70 bits per heavy atom. The van der Waals surface area contributed by atoms with Gasteiger partial charge >= 0.3 is 0 Å². The van der Waals surface area contributed by atoms with E-state index in [1.807, 2.05) is 6.07 Å². The van der Waals surface area contributed by atoms with Crippen molar-refractivity contribution < 1.29 is 4.42 Å². The average Bonchev–Trinajstić information content (AvgIpc) is 2.89. The minimum atomic E-state index is 0.491. The molecule has 1 aromatic heterocycles. The normalized spacial score (nSPS) is 11.1. The van der Waals surface area contributed by atoms with Gasteiger partial charge in [-0.2, -0.15) is 0 Å². The van der Waals surface area contributed by atoms with Crippen molar-refractivity contribution in [3.8, 4) is 0 Å². The lowest BCUT2D eigenvalue weighted by Gasteiger charge is -2.20. The Hall–Kier alpha value is -1.26. The fourth-order valence-corrected chi connectivity index (χ4v) is 2.49. The number of halogens is 1. The van der Waals surface area contributed by atoms with Crippen molar-refractivity contribution in [1.82, 2.24) is 5.32 Å². The van der Waals surface area contributed by atoms with Crippen LogP contribution >= 0.6 is 15.9 Å². The zero-order chi connectivity index (χ0) is 14.5. The first-order valence-electron chi connectivity index (χ1n) is 6.80. The van der Waals surface area contributed by atoms with Gasteiger partial charge in [0, 0.05) is 41.9 Å². The number of hydrogen-bond donors (Lipinski definition) is 1. The average molecular weight is 337 g/mol. The number of nitrogens with zero attached hydrogens (tertiary/aromatic N) is 1. The van der Waals surface area contributed by atoms with Crippen LogP contribution in [0.2, 0.25) is 0 Å². The molecule has 2 rings (SSSR count). The molecule has 1 aromatic carbocycles.